The first-order valence-corrected chi connectivity index (χ1v) is 12.4. The van der Waals surface area contributed by atoms with Crippen molar-refractivity contribution < 1.29 is 23.9 Å². The van der Waals surface area contributed by atoms with E-state index < -0.39 is 11.9 Å². The molecule has 38 heavy (non-hydrogen) atoms. The molecule has 1 fully saturated rings. The first-order chi connectivity index (χ1) is 18.2. The molecule has 3 heterocycles. The minimum atomic E-state index is -1.09. The second kappa shape index (κ2) is 10.3. The molecule has 1 N–H and O–H groups in total. The van der Waals surface area contributed by atoms with Crippen molar-refractivity contribution >= 4 is 46.9 Å². The van der Waals surface area contributed by atoms with Crippen LogP contribution in [0.2, 0.25) is 5.02 Å². The summed E-state index contributed by atoms with van der Waals surface area (Å²) in [5.41, 5.74) is 2.32. The van der Waals surface area contributed by atoms with E-state index in [1.807, 2.05) is 7.05 Å². The first kappa shape index (κ1) is 25.4. The monoisotopic (exact) mass is 532 g/mol. The van der Waals surface area contributed by atoms with Crippen molar-refractivity contribution in [2.75, 3.05) is 38.2 Å². The molecule has 3 aromatic rings. The number of carboxylic acid groups (broad SMARTS) is 1. The Bertz CT molecular complexity index is 1500. The van der Waals surface area contributed by atoms with Gasteiger partial charge in [-0.15, -0.1) is 0 Å². The maximum Gasteiger partial charge on any atom is 0.335 e. The standard InChI is InChI=1S/C28H25ClN4O5/c1-17-22(27(35)33(30-17)20-5-3-4-19(14-20)28(36)37)16-21-7-9-25(38-21)18-6-8-24(29)23(15-18)26(34)32-12-10-31(2)11-13-32/h3-9,14-16H,10-13H2,1-2H3,(H,36,37)/b22-16+. The van der Waals surface area contributed by atoms with E-state index in [1.54, 1.807) is 60.4 Å². The Balaban J connectivity index is 1.37. The van der Waals surface area contributed by atoms with Crippen LogP contribution >= 0.6 is 11.6 Å². The van der Waals surface area contributed by atoms with Gasteiger partial charge >= 0.3 is 5.97 Å². The summed E-state index contributed by atoms with van der Waals surface area (Å²) >= 11 is 6.38. The van der Waals surface area contributed by atoms with Crippen molar-refractivity contribution in [2.24, 2.45) is 5.10 Å². The number of rotatable bonds is 5. The molecule has 0 aliphatic carbocycles. The number of carbonyl (C=O) groups excluding carboxylic acids is 2. The van der Waals surface area contributed by atoms with Crippen LogP contribution in [0.4, 0.5) is 5.69 Å². The van der Waals surface area contributed by atoms with E-state index in [2.05, 4.69) is 10.0 Å². The Hall–Kier alpha value is -4.21. The highest BCUT2D eigenvalue weighted by Gasteiger charge is 2.29. The van der Waals surface area contributed by atoms with E-state index in [9.17, 15) is 19.5 Å². The Kier molecular flexibility index (Phi) is 6.88. The van der Waals surface area contributed by atoms with Crippen molar-refractivity contribution in [3.8, 4) is 11.3 Å². The van der Waals surface area contributed by atoms with Gasteiger partial charge in [0.1, 0.15) is 11.5 Å². The lowest BCUT2D eigenvalue weighted by Crippen LogP contribution is -2.47. The van der Waals surface area contributed by atoms with Gasteiger partial charge in [-0.3, -0.25) is 9.59 Å². The molecule has 0 saturated carbocycles. The van der Waals surface area contributed by atoms with Crippen LogP contribution in [0.5, 0.6) is 0 Å². The molecule has 2 amide bonds. The van der Waals surface area contributed by atoms with Gasteiger partial charge in [0, 0.05) is 31.7 Å². The van der Waals surface area contributed by atoms with E-state index >= 15 is 0 Å². The van der Waals surface area contributed by atoms with Gasteiger partial charge in [0.2, 0.25) is 0 Å². The molecule has 0 atom stereocenters. The summed E-state index contributed by atoms with van der Waals surface area (Å²) in [6, 6.07) is 14.7. The maximum absolute atomic E-state index is 13.1. The zero-order valence-corrected chi connectivity index (χ0v) is 21.6. The molecular weight excluding hydrogens is 508 g/mol. The number of halogens is 1. The average Bonchev–Trinajstić information content (AvgIpc) is 3.49. The zero-order valence-electron chi connectivity index (χ0n) is 20.8. The normalized spacial score (nSPS) is 17.3. The van der Waals surface area contributed by atoms with E-state index in [4.69, 9.17) is 16.0 Å². The van der Waals surface area contributed by atoms with Gasteiger partial charge in [0.25, 0.3) is 11.8 Å². The number of amides is 2. The summed E-state index contributed by atoms with van der Waals surface area (Å²) in [5, 5.41) is 15.1. The van der Waals surface area contributed by atoms with Crippen LogP contribution in [0.25, 0.3) is 17.4 Å². The number of nitrogens with zero attached hydrogens (tertiary/aromatic N) is 4. The SMILES string of the molecule is CC1=NN(c2cccc(C(=O)O)c2)C(=O)/C1=C/c1ccc(-c2ccc(Cl)c(C(=O)N3CCN(C)CC3)c2)o1. The van der Waals surface area contributed by atoms with Gasteiger partial charge in [0.15, 0.2) is 0 Å². The van der Waals surface area contributed by atoms with Crippen LogP contribution in [0.15, 0.2) is 69.7 Å². The molecule has 2 aromatic carbocycles. The minimum absolute atomic E-state index is 0.0599. The molecule has 0 radical (unpaired) electrons. The lowest BCUT2D eigenvalue weighted by molar-refractivity contribution is -0.114. The number of aromatic carboxylic acids is 1. The molecule has 9 nitrogen and oxygen atoms in total. The number of anilines is 1. The van der Waals surface area contributed by atoms with Crippen molar-refractivity contribution in [3.63, 3.8) is 0 Å². The zero-order chi connectivity index (χ0) is 27.0. The Labute approximate surface area is 224 Å². The van der Waals surface area contributed by atoms with Gasteiger partial charge < -0.3 is 19.3 Å². The number of hydrogen-bond acceptors (Lipinski definition) is 6. The van der Waals surface area contributed by atoms with E-state index in [0.717, 1.165) is 13.1 Å². The highest BCUT2D eigenvalue weighted by molar-refractivity contribution is 6.34. The molecule has 10 heteroatoms. The second-order valence-electron chi connectivity index (χ2n) is 9.21. The Morgan fingerprint density at radius 1 is 1.05 bits per heavy atom. The van der Waals surface area contributed by atoms with Gasteiger partial charge in [-0.1, -0.05) is 17.7 Å². The van der Waals surface area contributed by atoms with Crippen molar-refractivity contribution in [2.45, 2.75) is 6.92 Å². The fourth-order valence-corrected chi connectivity index (χ4v) is 4.58. The van der Waals surface area contributed by atoms with E-state index in [-0.39, 0.29) is 11.5 Å². The Morgan fingerprint density at radius 3 is 2.55 bits per heavy atom. The fraction of sp³-hybridized carbons (Fsp3) is 0.214. The number of benzene rings is 2. The van der Waals surface area contributed by atoms with Crippen LogP contribution in [-0.2, 0) is 4.79 Å². The van der Waals surface area contributed by atoms with Crippen LogP contribution < -0.4 is 5.01 Å². The van der Waals surface area contributed by atoms with Crippen LogP contribution in [0.3, 0.4) is 0 Å². The molecule has 5 rings (SSSR count). The Morgan fingerprint density at radius 2 is 1.82 bits per heavy atom. The minimum Gasteiger partial charge on any atom is -0.478 e. The molecule has 1 saturated heterocycles. The first-order valence-electron chi connectivity index (χ1n) is 12.0. The number of hydrogen-bond donors (Lipinski definition) is 1. The number of carbonyl (C=O) groups is 3. The number of carboxylic acids is 1. The molecule has 1 aromatic heterocycles. The summed E-state index contributed by atoms with van der Waals surface area (Å²) in [6.07, 6.45) is 1.60. The largest absolute Gasteiger partial charge is 0.478 e. The predicted molar refractivity (Wildman–Crippen MR) is 145 cm³/mol. The average molecular weight is 533 g/mol. The third kappa shape index (κ3) is 4.98. The van der Waals surface area contributed by atoms with Crippen LogP contribution in [0, 0.1) is 0 Å². The number of hydrazone groups is 1. The van der Waals surface area contributed by atoms with Gasteiger partial charge in [0.05, 0.1) is 33.1 Å². The van der Waals surface area contributed by atoms with E-state index in [0.29, 0.717) is 57.7 Å². The number of furan rings is 1. The number of likely N-dealkylation sites (N-methyl/N-ethyl adjacent to an activating group) is 1. The van der Waals surface area contributed by atoms with E-state index in [1.165, 1.54) is 17.1 Å². The number of piperazine rings is 1. The van der Waals surface area contributed by atoms with Gasteiger partial charge in [-0.25, -0.2) is 4.79 Å². The summed E-state index contributed by atoms with van der Waals surface area (Å²) in [4.78, 5) is 41.5. The smallest absolute Gasteiger partial charge is 0.335 e. The lowest BCUT2D eigenvalue weighted by atomic mass is 10.1. The molecule has 194 valence electrons. The predicted octanol–water partition coefficient (Wildman–Crippen LogP) is 4.49. The molecule has 0 unspecified atom stereocenters. The van der Waals surface area contributed by atoms with Crippen molar-refractivity contribution in [3.05, 3.63) is 82.1 Å². The summed E-state index contributed by atoms with van der Waals surface area (Å²) in [7, 11) is 2.03. The third-order valence-electron chi connectivity index (χ3n) is 6.59. The summed E-state index contributed by atoms with van der Waals surface area (Å²) in [5.74, 6) is -0.648. The summed E-state index contributed by atoms with van der Waals surface area (Å²) in [6.45, 7) is 4.60. The van der Waals surface area contributed by atoms with Crippen LogP contribution in [0.1, 0.15) is 33.4 Å². The van der Waals surface area contributed by atoms with Gasteiger partial charge in [-0.2, -0.15) is 10.1 Å². The lowest BCUT2D eigenvalue weighted by Gasteiger charge is -2.32. The highest BCUT2D eigenvalue weighted by atomic mass is 35.5. The maximum atomic E-state index is 13.1. The molecule has 0 spiro atoms. The molecule has 2 aliphatic heterocycles. The second-order valence-corrected chi connectivity index (χ2v) is 9.62. The van der Waals surface area contributed by atoms with Crippen LogP contribution in [-0.4, -0.2) is 71.6 Å². The molecule has 0 bridgehead atoms. The third-order valence-corrected chi connectivity index (χ3v) is 6.91. The summed E-state index contributed by atoms with van der Waals surface area (Å²) < 4.78 is 6.00. The van der Waals surface area contributed by atoms with Crippen molar-refractivity contribution in [1.29, 1.82) is 0 Å². The molecule has 2 aliphatic rings. The quantitative estimate of drug-likeness (QED) is 0.485. The van der Waals surface area contributed by atoms with Gasteiger partial charge in [-0.05, 0) is 68.6 Å². The van der Waals surface area contributed by atoms with Crippen molar-refractivity contribution in [1.82, 2.24) is 9.80 Å². The topological polar surface area (TPSA) is 107 Å². The highest BCUT2D eigenvalue weighted by Crippen LogP contribution is 2.30. The molecular formula is C28H25ClN4O5. The fourth-order valence-electron chi connectivity index (χ4n) is 4.38.